The summed E-state index contributed by atoms with van der Waals surface area (Å²) in [6.07, 6.45) is -0.363. The van der Waals surface area contributed by atoms with Gasteiger partial charge in [0, 0.05) is 12.1 Å². The number of halogens is 1. The number of hydrogen-bond acceptors (Lipinski definition) is 5. The average Bonchev–Trinajstić information content (AvgIpc) is 2.88. The van der Waals surface area contributed by atoms with Crippen molar-refractivity contribution in [1.82, 2.24) is 15.8 Å². The van der Waals surface area contributed by atoms with E-state index >= 15 is 0 Å². The Balaban J connectivity index is 1.76. The summed E-state index contributed by atoms with van der Waals surface area (Å²) in [6, 6.07) is 9.90. The summed E-state index contributed by atoms with van der Waals surface area (Å²) < 4.78 is 13.7. The Morgan fingerprint density at radius 3 is 2.46 bits per heavy atom. The highest BCUT2D eigenvalue weighted by molar-refractivity contribution is 6.08. The molecular formula is C18H15FN4O5. The monoisotopic (exact) mass is 386 g/mol. The lowest BCUT2D eigenvalue weighted by Gasteiger charge is -2.22. The van der Waals surface area contributed by atoms with Crippen molar-refractivity contribution < 1.29 is 23.7 Å². The second-order valence-electron chi connectivity index (χ2n) is 6.30. The van der Waals surface area contributed by atoms with Crippen LogP contribution in [0.2, 0.25) is 0 Å². The number of hydrogen-bond donors (Lipinski definition) is 2. The van der Waals surface area contributed by atoms with Crippen LogP contribution in [0.15, 0.2) is 48.5 Å². The van der Waals surface area contributed by atoms with E-state index in [0.29, 0.717) is 10.6 Å². The quantitative estimate of drug-likeness (QED) is 0.461. The molecule has 1 saturated heterocycles. The van der Waals surface area contributed by atoms with Crippen LogP contribution < -0.4 is 10.7 Å². The third-order valence-corrected chi connectivity index (χ3v) is 4.39. The molecule has 0 aliphatic carbocycles. The maximum atomic E-state index is 13.7. The van der Waals surface area contributed by atoms with Gasteiger partial charge in [0.05, 0.1) is 11.3 Å². The summed E-state index contributed by atoms with van der Waals surface area (Å²) in [5.41, 5.74) is 0.906. The van der Waals surface area contributed by atoms with Crippen molar-refractivity contribution in [2.75, 3.05) is 0 Å². The number of nitrogens with one attached hydrogen (secondary N) is 2. The highest BCUT2D eigenvalue weighted by Crippen LogP contribution is 2.29. The largest absolute Gasteiger partial charge is 0.344 e. The van der Waals surface area contributed by atoms with Gasteiger partial charge in [0.1, 0.15) is 11.4 Å². The summed E-state index contributed by atoms with van der Waals surface area (Å²) in [6.45, 7) is 1.41. The number of carbonyl (C=O) groups is 3. The topological polar surface area (TPSA) is 122 Å². The van der Waals surface area contributed by atoms with Crippen molar-refractivity contribution >= 4 is 23.5 Å². The zero-order chi connectivity index (χ0) is 20.5. The van der Waals surface area contributed by atoms with Crippen LogP contribution in [0.5, 0.6) is 0 Å². The molecule has 1 atom stereocenters. The van der Waals surface area contributed by atoms with Crippen LogP contribution in [0.25, 0.3) is 0 Å². The average molecular weight is 386 g/mol. The Kier molecular flexibility index (Phi) is 4.78. The first-order valence-electron chi connectivity index (χ1n) is 8.17. The minimum absolute atomic E-state index is 0.116. The van der Waals surface area contributed by atoms with Crippen molar-refractivity contribution in [2.45, 2.75) is 18.9 Å². The van der Waals surface area contributed by atoms with E-state index in [-0.39, 0.29) is 17.7 Å². The molecule has 9 nitrogen and oxygen atoms in total. The second-order valence-corrected chi connectivity index (χ2v) is 6.30. The van der Waals surface area contributed by atoms with Crippen LogP contribution in [0.1, 0.15) is 18.1 Å². The number of nitrogens with zero attached hydrogens (tertiary/aromatic N) is 2. The van der Waals surface area contributed by atoms with Gasteiger partial charge >= 0.3 is 6.03 Å². The van der Waals surface area contributed by atoms with Crippen molar-refractivity contribution in [3.8, 4) is 0 Å². The second kappa shape index (κ2) is 7.06. The van der Waals surface area contributed by atoms with Crippen molar-refractivity contribution in [3.05, 3.63) is 75.6 Å². The summed E-state index contributed by atoms with van der Waals surface area (Å²) in [5.74, 6) is -2.10. The Morgan fingerprint density at radius 2 is 1.86 bits per heavy atom. The number of urea groups is 1. The number of rotatable bonds is 5. The van der Waals surface area contributed by atoms with Crippen LogP contribution >= 0.6 is 0 Å². The third-order valence-electron chi connectivity index (χ3n) is 4.39. The van der Waals surface area contributed by atoms with Crippen LogP contribution in [-0.2, 0) is 21.5 Å². The molecule has 0 saturated carbocycles. The molecule has 28 heavy (non-hydrogen) atoms. The van der Waals surface area contributed by atoms with Crippen LogP contribution in [-0.4, -0.2) is 27.8 Å². The van der Waals surface area contributed by atoms with E-state index in [1.807, 2.05) is 0 Å². The fourth-order valence-electron chi connectivity index (χ4n) is 2.83. The van der Waals surface area contributed by atoms with Crippen molar-refractivity contribution in [1.29, 1.82) is 0 Å². The molecule has 4 amide bonds. The molecular weight excluding hydrogens is 371 g/mol. The van der Waals surface area contributed by atoms with Crippen molar-refractivity contribution in [2.24, 2.45) is 0 Å². The fraction of sp³-hybridized carbons (Fsp3) is 0.167. The zero-order valence-corrected chi connectivity index (χ0v) is 14.6. The number of carbonyl (C=O) groups excluding carboxylic acids is 3. The number of hydrazine groups is 1. The van der Waals surface area contributed by atoms with Gasteiger partial charge < -0.3 is 5.32 Å². The first-order valence-corrected chi connectivity index (χ1v) is 8.17. The first-order chi connectivity index (χ1) is 13.2. The molecule has 0 unspecified atom stereocenters. The molecule has 10 heteroatoms. The summed E-state index contributed by atoms with van der Waals surface area (Å²) in [7, 11) is 0. The lowest BCUT2D eigenvalue weighted by atomic mass is 9.92. The van der Waals surface area contributed by atoms with Crippen LogP contribution in [0, 0.1) is 15.9 Å². The summed E-state index contributed by atoms with van der Waals surface area (Å²) in [5, 5.41) is 13.7. The fourth-order valence-corrected chi connectivity index (χ4v) is 2.83. The van der Waals surface area contributed by atoms with Crippen molar-refractivity contribution in [3.63, 3.8) is 0 Å². The number of imide groups is 1. The molecule has 2 aromatic rings. The standard InChI is InChI=1S/C18H15FN4O5/c1-18(12-6-8-13(9-7-12)23(27)28)16(25)22(17(26)20-18)21-15(24)10-11-4-2-3-5-14(11)19/h2-9H,10H2,1H3,(H,20,26)(H,21,24)/t18-/m0/s1. The molecule has 3 rings (SSSR count). The van der Waals surface area contributed by atoms with E-state index in [2.05, 4.69) is 10.7 Å². The minimum Gasteiger partial charge on any atom is -0.318 e. The number of benzene rings is 2. The van der Waals surface area contributed by atoms with E-state index < -0.39 is 34.1 Å². The van der Waals surface area contributed by atoms with E-state index in [0.717, 1.165) is 0 Å². The van der Waals surface area contributed by atoms with E-state index in [1.54, 1.807) is 6.07 Å². The molecule has 0 radical (unpaired) electrons. The molecule has 1 heterocycles. The molecule has 0 aromatic heterocycles. The number of amides is 4. The number of nitro groups is 1. The summed E-state index contributed by atoms with van der Waals surface area (Å²) in [4.78, 5) is 47.3. The van der Waals surface area contributed by atoms with Gasteiger partial charge in [-0.3, -0.25) is 25.1 Å². The third kappa shape index (κ3) is 3.39. The highest BCUT2D eigenvalue weighted by Gasteiger charge is 2.50. The zero-order valence-electron chi connectivity index (χ0n) is 14.6. The minimum atomic E-state index is -1.52. The van der Waals surface area contributed by atoms with E-state index in [4.69, 9.17) is 0 Å². The Hall–Kier alpha value is -3.82. The predicted octanol–water partition coefficient (Wildman–Crippen LogP) is 1.77. The molecule has 0 bridgehead atoms. The molecule has 0 spiro atoms. The molecule has 1 fully saturated rings. The smallest absolute Gasteiger partial charge is 0.318 e. The van der Waals surface area contributed by atoms with Crippen LogP contribution in [0.3, 0.4) is 0 Å². The lowest BCUT2D eigenvalue weighted by Crippen LogP contribution is -2.48. The van der Waals surface area contributed by atoms with Crippen LogP contribution in [0.4, 0.5) is 14.9 Å². The van der Waals surface area contributed by atoms with Gasteiger partial charge in [0.25, 0.3) is 11.6 Å². The Labute approximate surface area is 158 Å². The van der Waals surface area contributed by atoms with E-state index in [1.165, 1.54) is 49.4 Å². The lowest BCUT2D eigenvalue weighted by molar-refractivity contribution is -0.384. The SMILES string of the molecule is C[C@@]1(c2ccc([N+](=O)[O-])cc2)NC(=O)N(NC(=O)Cc2ccccc2F)C1=O. The Morgan fingerprint density at radius 1 is 1.21 bits per heavy atom. The van der Waals surface area contributed by atoms with Gasteiger partial charge in [-0.05, 0) is 36.2 Å². The van der Waals surface area contributed by atoms with Gasteiger partial charge in [0.15, 0.2) is 0 Å². The molecule has 2 N–H and O–H groups in total. The highest BCUT2D eigenvalue weighted by atomic mass is 19.1. The van der Waals surface area contributed by atoms with Gasteiger partial charge in [-0.25, -0.2) is 9.18 Å². The van der Waals surface area contributed by atoms with Gasteiger partial charge in [-0.1, -0.05) is 18.2 Å². The van der Waals surface area contributed by atoms with E-state index in [9.17, 15) is 28.9 Å². The Bertz CT molecular complexity index is 978. The summed E-state index contributed by atoms with van der Waals surface area (Å²) >= 11 is 0. The number of non-ortho nitro benzene ring substituents is 1. The van der Waals surface area contributed by atoms with Gasteiger partial charge in [0.2, 0.25) is 5.91 Å². The maximum Gasteiger partial charge on any atom is 0.344 e. The molecule has 1 aliphatic rings. The molecule has 2 aromatic carbocycles. The number of nitro benzene ring substituents is 1. The first kappa shape index (κ1) is 19.0. The predicted molar refractivity (Wildman–Crippen MR) is 94.1 cm³/mol. The molecule has 1 aliphatic heterocycles. The van der Waals surface area contributed by atoms with Gasteiger partial charge in [-0.2, -0.15) is 5.01 Å². The maximum absolute atomic E-state index is 13.7. The normalized spacial score (nSPS) is 18.7. The van der Waals surface area contributed by atoms with Gasteiger partial charge in [-0.15, -0.1) is 0 Å². The molecule has 144 valence electrons.